The zero-order chi connectivity index (χ0) is 21.3. The summed E-state index contributed by atoms with van der Waals surface area (Å²) in [4.78, 5) is 32.0. The number of carbonyl (C=O) groups excluding carboxylic acids is 2. The third-order valence-electron chi connectivity index (χ3n) is 5.93. The van der Waals surface area contributed by atoms with Crippen LogP contribution in [0.25, 0.3) is 0 Å². The van der Waals surface area contributed by atoms with Gasteiger partial charge in [-0.15, -0.1) is 0 Å². The van der Waals surface area contributed by atoms with Gasteiger partial charge in [-0.2, -0.15) is 5.10 Å². The number of benzene rings is 1. The molecule has 160 valence electrons. The van der Waals surface area contributed by atoms with Crippen LogP contribution >= 0.6 is 0 Å². The molecule has 0 saturated carbocycles. The Morgan fingerprint density at radius 1 is 1.17 bits per heavy atom. The van der Waals surface area contributed by atoms with Gasteiger partial charge in [0, 0.05) is 50.4 Å². The normalized spacial score (nSPS) is 17.7. The number of piperazine rings is 1. The molecule has 0 spiro atoms. The average Bonchev–Trinajstić information content (AvgIpc) is 3.16. The second kappa shape index (κ2) is 8.38. The van der Waals surface area contributed by atoms with Gasteiger partial charge >= 0.3 is 0 Å². The first-order chi connectivity index (χ1) is 14.5. The average molecular weight is 412 g/mol. The summed E-state index contributed by atoms with van der Waals surface area (Å²) in [5.74, 6) is 1.58. The predicted molar refractivity (Wildman–Crippen MR) is 115 cm³/mol. The van der Waals surface area contributed by atoms with Crippen molar-refractivity contribution in [2.45, 2.75) is 39.3 Å². The summed E-state index contributed by atoms with van der Waals surface area (Å²) in [6, 6.07) is 9.39. The number of nitrogens with zero attached hydrogens (tertiary/aromatic N) is 5. The van der Waals surface area contributed by atoms with Crippen LogP contribution in [0, 0.1) is 6.92 Å². The highest BCUT2D eigenvalue weighted by molar-refractivity contribution is 6.01. The molecule has 8 nitrogen and oxygen atoms in total. The summed E-state index contributed by atoms with van der Waals surface area (Å²) in [6.45, 7) is 7.21. The summed E-state index contributed by atoms with van der Waals surface area (Å²) in [5, 5.41) is 4.46. The molecule has 30 heavy (non-hydrogen) atoms. The summed E-state index contributed by atoms with van der Waals surface area (Å²) in [7, 11) is 1.66. The molecule has 8 heteroatoms. The van der Waals surface area contributed by atoms with Crippen LogP contribution in [-0.4, -0.2) is 65.8 Å². The highest BCUT2D eigenvalue weighted by Crippen LogP contribution is 2.27. The van der Waals surface area contributed by atoms with Crippen LogP contribution < -0.4 is 14.5 Å². The van der Waals surface area contributed by atoms with Crippen LogP contribution in [0.5, 0.6) is 5.75 Å². The van der Waals surface area contributed by atoms with Crippen LogP contribution in [0.3, 0.4) is 0 Å². The lowest BCUT2D eigenvalue weighted by Gasteiger charge is -2.40. The number of hydrogen-bond donors (Lipinski definition) is 0. The van der Waals surface area contributed by atoms with E-state index in [2.05, 4.69) is 16.1 Å². The van der Waals surface area contributed by atoms with E-state index >= 15 is 0 Å². The van der Waals surface area contributed by atoms with Crippen LogP contribution in [-0.2, 0) is 16.1 Å². The van der Waals surface area contributed by atoms with E-state index in [-0.39, 0.29) is 11.8 Å². The molecule has 1 aromatic heterocycles. The van der Waals surface area contributed by atoms with E-state index in [4.69, 9.17) is 4.74 Å². The molecule has 0 aliphatic carbocycles. The van der Waals surface area contributed by atoms with E-state index in [9.17, 15) is 9.59 Å². The van der Waals surface area contributed by atoms with Crippen LogP contribution in [0.15, 0.2) is 30.3 Å². The van der Waals surface area contributed by atoms with Gasteiger partial charge in [-0.05, 0) is 25.5 Å². The van der Waals surface area contributed by atoms with Crippen LogP contribution in [0.1, 0.15) is 25.5 Å². The molecule has 0 unspecified atom stereocenters. The number of rotatable bonds is 5. The zero-order valence-electron chi connectivity index (χ0n) is 17.9. The fourth-order valence-corrected chi connectivity index (χ4v) is 4.34. The van der Waals surface area contributed by atoms with E-state index in [1.54, 1.807) is 12.0 Å². The van der Waals surface area contributed by atoms with E-state index < -0.39 is 6.04 Å². The van der Waals surface area contributed by atoms with Gasteiger partial charge in [-0.1, -0.05) is 13.0 Å². The van der Waals surface area contributed by atoms with Gasteiger partial charge in [0.25, 0.3) is 0 Å². The Kier molecular flexibility index (Phi) is 5.65. The Hall–Kier alpha value is -3.03. The van der Waals surface area contributed by atoms with Gasteiger partial charge in [0.15, 0.2) is 0 Å². The maximum absolute atomic E-state index is 13.4. The third-order valence-corrected chi connectivity index (χ3v) is 5.93. The standard InChI is InChI=1S/C22H29N5O3/c1-4-19(27-20-14-16(2)23-26(20)9-8-21(27)28)22(29)25-12-10-24(11-13-25)17-6-5-7-18(15-17)30-3/h5-7,14-15,19H,4,8-13H2,1-3H3/t19-/m0/s1. The largest absolute Gasteiger partial charge is 0.497 e. The smallest absolute Gasteiger partial charge is 0.245 e. The van der Waals surface area contributed by atoms with Crippen molar-refractivity contribution < 1.29 is 14.3 Å². The highest BCUT2D eigenvalue weighted by atomic mass is 16.5. The fraction of sp³-hybridized carbons (Fsp3) is 0.500. The minimum atomic E-state index is -0.490. The number of aromatic nitrogens is 2. The highest BCUT2D eigenvalue weighted by Gasteiger charge is 2.37. The lowest BCUT2D eigenvalue weighted by molar-refractivity contribution is -0.135. The number of ether oxygens (including phenoxy) is 1. The predicted octanol–water partition coefficient (Wildman–Crippen LogP) is 2.06. The zero-order valence-corrected chi connectivity index (χ0v) is 17.9. The molecule has 2 aliphatic heterocycles. The minimum absolute atomic E-state index is 0.00221. The Morgan fingerprint density at radius 3 is 2.63 bits per heavy atom. The van der Waals surface area contributed by atoms with Gasteiger partial charge in [0.05, 0.1) is 19.3 Å². The number of amides is 2. The molecule has 1 saturated heterocycles. The summed E-state index contributed by atoms with van der Waals surface area (Å²) in [5.41, 5.74) is 1.96. The molecular weight excluding hydrogens is 382 g/mol. The molecule has 2 amide bonds. The van der Waals surface area contributed by atoms with E-state index in [0.29, 0.717) is 32.5 Å². The van der Waals surface area contributed by atoms with Crippen molar-refractivity contribution in [3.05, 3.63) is 36.0 Å². The maximum Gasteiger partial charge on any atom is 0.245 e. The molecular formula is C22H29N5O3. The first kappa shape index (κ1) is 20.3. The molecule has 2 aliphatic rings. The topological polar surface area (TPSA) is 70.9 Å². The monoisotopic (exact) mass is 411 g/mol. The molecule has 3 heterocycles. The van der Waals surface area contributed by atoms with Crippen molar-refractivity contribution in [3.8, 4) is 5.75 Å². The maximum atomic E-state index is 13.4. The SMILES string of the molecule is CC[C@@H](C(=O)N1CCN(c2cccc(OC)c2)CC1)N1C(=O)CCn2nc(C)cc21. The Morgan fingerprint density at radius 2 is 1.93 bits per heavy atom. The Labute approximate surface area is 177 Å². The number of aryl methyl sites for hydroxylation is 2. The molecule has 1 aromatic carbocycles. The molecule has 0 N–H and O–H groups in total. The molecule has 0 bridgehead atoms. The first-order valence-corrected chi connectivity index (χ1v) is 10.6. The van der Waals surface area contributed by atoms with E-state index in [0.717, 1.165) is 36.0 Å². The number of anilines is 2. The fourth-order valence-electron chi connectivity index (χ4n) is 4.34. The second-order valence-electron chi connectivity index (χ2n) is 7.82. The van der Waals surface area contributed by atoms with Crippen molar-refractivity contribution >= 4 is 23.3 Å². The number of carbonyl (C=O) groups is 2. The second-order valence-corrected chi connectivity index (χ2v) is 7.82. The van der Waals surface area contributed by atoms with Gasteiger partial charge < -0.3 is 14.5 Å². The lowest BCUT2D eigenvalue weighted by atomic mass is 10.1. The molecule has 4 rings (SSSR count). The minimum Gasteiger partial charge on any atom is -0.497 e. The molecule has 2 aromatic rings. The van der Waals surface area contributed by atoms with Gasteiger partial charge in [0.2, 0.25) is 11.8 Å². The number of methoxy groups -OCH3 is 1. The van der Waals surface area contributed by atoms with Crippen LogP contribution in [0.4, 0.5) is 11.5 Å². The van der Waals surface area contributed by atoms with Crippen molar-refractivity contribution in [2.75, 3.05) is 43.1 Å². The van der Waals surface area contributed by atoms with E-state index in [1.165, 1.54) is 0 Å². The molecule has 1 fully saturated rings. The Bertz CT molecular complexity index is 933. The van der Waals surface area contributed by atoms with Gasteiger partial charge in [-0.25, -0.2) is 4.68 Å². The molecule has 1 atom stereocenters. The van der Waals surface area contributed by atoms with Gasteiger partial charge in [-0.3, -0.25) is 14.5 Å². The van der Waals surface area contributed by atoms with Crippen molar-refractivity contribution in [2.24, 2.45) is 0 Å². The van der Waals surface area contributed by atoms with E-state index in [1.807, 2.05) is 47.7 Å². The van der Waals surface area contributed by atoms with Gasteiger partial charge in [0.1, 0.15) is 17.6 Å². The van der Waals surface area contributed by atoms with Crippen molar-refractivity contribution in [3.63, 3.8) is 0 Å². The quantitative estimate of drug-likeness (QED) is 0.753. The summed E-state index contributed by atoms with van der Waals surface area (Å²) in [6.07, 6.45) is 0.951. The van der Waals surface area contributed by atoms with Crippen molar-refractivity contribution in [1.82, 2.24) is 14.7 Å². The van der Waals surface area contributed by atoms with Crippen molar-refractivity contribution in [1.29, 1.82) is 0 Å². The number of fused-ring (bicyclic) bond motifs is 1. The lowest BCUT2D eigenvalue weighted by Crippen LogP contribution is -2.57. The molecule has 0 radical (unpaired) electrons. The first-order valence-electron chi connectivity index (χ1n) is 10.6. The number of hydrogen-bond acceptors (Lipinski definition) is 5. The van der Waals surface area contributed by atoms with Crippen LogP contribution in [0.2, 0.25) is 0 Å². The summed E-state index contributed by atoms with van der Waals surface area (Å²) >= 11 is 0. The third kappa shape index (κ3) is 3.74. The summed E-state index contributed by atoms with van der Waals surface area (Å²) < 4.78 is 7.16. The Balaban J connectivity index is 1.47.